The molecular weight excluding hydrogens is 366 g/mol. The van der Waals surface area contributed by atoms with E-state index in [1.54, 1.807) is 4.57 Å². The summed E-state index contributed by atoms with van der Waals surface area (Å²) in [4.78, 5) is 27.6. The number of benzene rings is 1. The van der Waals surface area contributed by atoms with Gasteiger partial charge in [-0.25, -0.2) is 9.78 Å². The zero-order chi connectivity index (χ0) is 17.0. The molecule has 8 heteroatoms. The molecule has 1 aromatic carbocycles. The summed E-state index contributed by atoms with van der Waals surface area (Å²) < 4.78 is 7.48. The molecule has 1 amide bonds. The fourth-order valence-electron chi connectivity index (χ4n) is 1.95. The zero-order valence-electron chi connectivity index (χ0n) is 12.6. The van der Waals surface area contributed by atoms with Crippen LogP contribution in [0, 0.1) is 0 Å². The van der Waals surface area contributed by atoms with Gasteiger partial charge < -0.3 is 19.7 Å². The Morgan fingerprint density at radius 3 is 2.61 bits per heavy atom. The molecule has 0 aliphatic carbocycles. The van der Waals surface area contributed by atoms with E-state index in [1.165, 1.54) is 26.6 Å². The number of imidazole rings is 1. The van der Waals surface area contributed by atoms with Crippen molar-refractivity contribution in [3.05, 3.63) is 47.0 Å². The van der Waals surface area contributed by atoms with Crippen LogP contribution in [0.3, 0.4) is 0 Å². The van der Waals surface area contributed by atoms with Crippen molar-refractivity contribution >= 4 is 27.8 Å². The van der Waals surface area contributed by atoms with E-state index in [9.17, 15) is 14.7 Å². The summed E-state index contributed by atoms with van der Waals surface area (Å²) in [5.74, 6) is -1.76. The fourth-order valence-corrected chi connectivity index (χ4v) is 2.21. The molecule has 1 heterocycles. The maximum atomic E-state index is 12.2. The SMILES string of the molecule is COCC(C)(NC(=O)c1cn(-c2ccc(Br)cc2)cn1)C(=O)O. The average Bonchev–Trinajstić information content (AvgIpc) is 2.98. The summed E-state index contributed by atoms with van der Waals surface area (Å²) >= 11 is 3.35. The molecule has 0 aliphatic rings. The minimum Gasteiger partial charge on any atom is -0.479 e. The van der Waals surface area contributed by atoms with Crippen molar-refractivity contribution in [2.75, 3.05) is 13.7 Å². The molecule has 2 aromatic rings. The van der Waals surface area contributed by atoms with Crippen LogP contribution in [0.1, 0.15) is 17.4 Å². The Morgan fingerprint density at radius 2 is 2.04 bits per heavy atom. The highest BCUT2D eigenvalue weighted by Gasteiger charge is 2.35. The molecule has 0 bridgehead atoms. The smallest absolute Gasteiger partial charge is 0.331 e. The third-order valence-corrected chi connectivity index (χ3v) is 3.76. The topological polar surface area (TPSA) is 93.5 Å². The number of carboxylic acid groups (broad SMARTS) is 1. The molecule has 0 aliphatic heterocycles. The van der Waals surface area contributed by atoms with Crippen LogP contribution in [0.25, 0.3) is 5.69 Å². The van der Waals surface area contributed by atoms with Crippen molar-refractivity contribution in [3.8, 4) is 5.69 Å². The van der Waals surface area contributed by atoms with Gasteiger partial charge in [-0.2, -0.15) is 0 Å². The van der Waals surface area contributed by atoms with Crippen LogP contribution in [-0.2, 0) is 9.53 Å². The number of hydrogen-bond acceptors (Lipinski definition) is 4. The number of aromatic nitrogens is 2. The van der Waals surface area contributed by atoms with Crippen LogP contribution in [0.5, 0.6) is 0 Å². The number of nitrogens with zero attached hydrogens (tertiary/aromatic N) is 2. The van der Waals surface area contributed by atoms with Gasteiger partial charge in [-0.3, -0.25) is 4.79 Å². The molecule has 0 spiro atoms. The molecule has 0 saturated carbocycles. The summed E-state index contributed by atoms with van der Waals surface area (Å²) in [6.07, 6.45) is 3.03. The summed E-state index contributed by atoms with van der Waals surface area (Å²) in [7, 11) is 1.37. The van der Waals surface area contributed by atoms with Gasteiger partial charge >= 0.3 is 5.97 Å². The largest absolute Gasteiger partial charge is 0.479 e. The number of amides is 1. The number of halogens is 1. The Labute approximate surface area is 141 Å². The van der Waals surface area contributed by atoms with E-state index in [0.717, 1.165) is 10.2 Å². The lowest BCUT2D eigenvalue weighted by Gasteiger charge is -2.24. The number of carbonyl (C=O) groups excluding carboxylic acids is 1. The lowest BCUT2D eigenvalue weighted by Crippen LogP contribution is -2.55. The highest BCUT2D eigenvalue weighted by Crippen LogP contribution is 2.15. The van der Waals surface area contributed by atoms with Crippen molar-refractivity contribution in [2.45, 2.75) is 12.5 Å². The van der Waals surface area contributed by atoms with Gasteiger partial charge in [0.2, 0.25) is 0 Å². The van der Waals surface area contributed by atoms with Gasteiger partial charge in [0.15, 0.2) is 5.54 Å². The van der Waals surface area contributed by atoms with E-state index in [-0.39, 0.29) is 12.3 Å². The van der Waals surface area contributed by atoms with Gasteiger partial charge in [0.05, 0.1) is 6.61 Å². The Kier molecular flexibility index (Phi) is 5.17. The second kappa shape index (κ2) is 6.93. The number of hydrogen-bond donors (Lipinski definition) is 2. The number of rotatable bonds is 6. The first-order valence-electron chi connectivity index (χ1n) is 6.70. The second-order valence-electron chi connectivity index (χ2n) is 5.17. The summed E-state index contributed by atoms with van der Waals surface area (Å²) in [6.45, 7) is 1.23. The van der Waals surface area contributed by atoms with Gasteiger partial charge in [-0.05, 0) is 31.2 Å². The van der Waals surface area contributed by atoms with Gasteiger partial charge in [0.1, 0.15) is 12.0 Å². The molecule has 0 fully saturated rings. The van der Waals surface area contributed by atoms with Crippen LogP contribution < -0.4 is 5.32 Å². The first kappa shape index (κ1) is 17.2. The maximum Gasteiger partial charge on any atom is 0.331 e. The van der Waals surface area contributed by atoms with E-state index in [1.807, 2.05) is 24.3 Å². The van der Waals surface area contributed by atoms with Gasteiger partial charge in [0.25, 0.3) is 5.91 Å². The van der Waals surface area contributed by atoms with E-state index in [4.69, 9.17) is 4.74 Å². The van der Waals surface area contributed by atoms with Crippen molar-refractivity contribution in [3.63, 3.8) is 0 Å². The summed E-state index contributed by atoms with van der Waals surface area (Å²) in [6, 6.07) is 7.46. The lowest BCUT2D eigenvalue weighted by molar-refractivity contribution is -0.145. The van der Waals surface area contributed by atoms with Crippen LogP contribution in [-0.4, -0.2) is 45.8 Å². The number of aliphatic carboxylic acids is 1. The minimum absolute atomic E-state index is 0.122. The molecule has 1 atom stereocenters. The third-order valence-electron chi connectivity index (χ3n) is 3.23. The monoisotopic (exact) mass is 381 g/mol. The Balaban J connectivity index is 2.18. The molecule has 0 saturated heterocycles. The van der Waals surface area contributed by atoms with Crippen LogP contribution in [0.4, 0.5) is 0 Å². The predicted octanol–water partition coefficient (Wildman–Crippen LogP) is 1.85. The number of nitrogens with one attached hydrogen (secondary N) is 1. The van der Waals surface area contributed by atoms with Crippen LogP contribution >= 0.6 is 15.9 Å². The van der Waals surface area contributed by atoms with Crippen molar-refractivity contribution in [1.82, 2.24) is 14.9 Å². The summed E-state index contributed by atoms with van der Waals surface area (Å²) in [5, 5.41) is 11.7. The summed E-state index contributed by atoms with van der Waals surface area (Å²) in [5.41, 5.74) is -0.568. The molecule has 122 valence electrons. The third kappa shape index (κ3) is 3.96. The minimum atomic E-state index is -1.52. The van der Waals surface area contributed by atoms with E-state index < -0.39 is 17.4 Å². The highest BCUT2D eigenvalue weighted by atomic mass is 79.9. The standard InChI is InChI=1S/C15H16BrN3O4/c1-15(8-23-2,14(21)22)18-13(20)12-7-19(9-17-12)11-5-3-10(16)4-6-11/h3-7,9H,8H2,1-2H3,(H,18,20)(H,21,22). The van der Waals surface area contributed by atoms with E-state index >= 15 is 0 Å². The molecular formula is C15H16BrN3O4. The van der Waals surface area contributed by atoms with Crippen LogP contribution in [0.15, 0.2) is 41.3 Å². The lowest BCUT2D eigenvalue weighted by atomic mass is 10.0. The molecule has 7 nitrogen and oxygen atoms in total. The van der Waals surface area contributed by atoms with Crippen LogP contribution in [0.2, 0.25) is 0 Å². The quantitative estimate of drug-likeness (QED) is 0.796. The maximum absolute atomic E-state index is 12.2. The number of methoxy groups -OCH3 is 1. The Bertz CT molecular complexity index is 714. The molecule has 2 N–H and O–H groups in total. The molecule has 1 unspecified atom stereocenters. The molecule has 0 radical (unpaired) electrons. The molecule has 1 aromatic heterocycles. The van der Waals surface area contributed by atoms with E-state index in [0.29, 0.717) is 0 Å². The van der Waals surface area contributed by atoms with Gasteiger partial charge in [-0.1, -0.05) is 15.9 Å². The highest BCUT2D eigenvalue weighted by molar-refractivity contribution is 9.10. The first-order chi connectivity index (χ1) is 10.9. The molecule has 2 rings (SSSR count). The van der Waals surface area contributed by atoms with Crippen molar-refractivity contribution < 1.29 is 19.4 Å². The number of ether oxygens (including phenoxy) is 1. The van der Waals surface area contributed by atoms with E-state index in [2.05, 4.69) is 26.2 Å². The zero-order valence-corrected chi connectivity index (χ0v) is 14.2. The number of carbonyl (C=O) groups is 2. The van der Waals surface area contributed by atoms with Gasteiger partial charge in [0, 0.05) is 23.5 Å². The van der Waals surface area contributed by atoms with Gasteiger partial charge in [-0.15, -0.1) is 0 Å². The predicted molar refractivity (Wildman–Crippen MR) is 86.6 cm³/mol. The fraction of sp³-hybridized carbons (Fsp3) is 0.267. The second-order valence-corrected chi connectivity index (χ2v) is 6.08. The first-order valence-corrected chi connectivity index (χ1v) is 7.50. The average molecular weight is 382 g/mol. The van der Waals surface area contributed by atoms with Crippen molar-refractivity contribution in [2.24, 2.45) is 0 Å². The Morgan fingerprint density at radius 1 is 1.39 bits per heavy atom. The number of carboxylic acids is 1. The normalized spacial score (nSPS) is 13.3. The molecule has 23 heavy (non-hydrogen) atoms. The van der Waals surface area contributed by atoms with Crippen molar-refractivity contribution in [1.29, 1.82) is 0 Å². The Hall–Kier alpha value is -2.19.